The van der Waals surface area contributed by atoms with Crippen LogP contribution < -0.4 is 5.69 Å². The van der Waals surface area contributed by atoms with Crippen molar-refractivity contribution in [2.75, 3.05) is 13.1 Å². The lowest BCUT2D eigenvalue weighted by atomic mass is 9.97. The maximum absolute atomic E-state index is 13.0. The van der Waals surface area contributed by atoms with Crippen LogP contribution in [0.15, 0.2) is 23.0 Å². The van der Waals surface area contributed by atoms with E-state index in [4.69, 9.17) is 4.98 Å². The van der Waals surface area contributed by atoms with Gasteiger partial charge in [0, 0.05) is 26.7 Å². The van der Waals surface area contributed by atoms with Gasteiger partial charge in [0.25, 0.3) is 12.3 Å². The van der Waals surface area contributed by atoms with Crippen LogP contribution in [0, 0.1) is 17.3 Å². The third-order valence-corrected chi connectivity index (χ3v) is 6.48. The third-order valence-electron chi connectivity index (χ3n) is 6.48. The summed E-state index contributed by atoms with van der Waals surface area (Å²) in [6.07, 6.45) is -0.414. The summed E-state index contributed by atoms with van der Waals surface area (Å²) < 4.78 is 29.4. The Bertz CT molecular complexity index is 1160. The van der Waals surface area contributed by atoms with Crippen LogP contribution in [0.5, 0.6) is 0 Å². The molecule has 3 atom stereocenters. The van der Waals surface area contributed by atoms with Gasteiger partial charge in [-0.05, 0) is 48.3 Å². The molecule has 4 rings (SSSR count). The zero-order valence-corrected chi connectivity index (χ0v) is 19.1. The topological polar surface area (TPSA) is 80.4 Å². The summed E-state index contributed by atoms with van der Waals surface area (Å²) >= 11 is 0. The minimum absolute atomic E-state index is 0.0363. The summed E-state index contributed by atoms with van der Waals surface area (Å²) in [5.74, 6) is -0.782. The van der Waals surface area contributed by atoms with E-state index in [0.717, 1.165) is 23.7 Å². The smallest absolute Gasteiger partial charge is 0.330 e. The number of imidazole rings is 1. The van der Waals surface area contributed by atoms with Crippen molar-refractivity contribution in [1.82, 2.24) is 19.0 Å². The first kappa shape index (κ1) is 22.6. The number of halogens is 2. The first-order valence-electron chi connectivity index (χ1n) is 10.9. The van der Waals surface area contributed by atoms with Crippen molar-refractivity contribution in [1.29, 1.82) is 0 Å². The molecule has 1 fully saturated rings. The second-order valence-corrected chi connectivity index (χ2v) is 10.5. The van der Waals surface area contributed by atoms with Gasteiger partial charge < -0.3 is 10.0 Å². The monoisotopic (exact) mass is 448 g/mol. The van der Waals surface area contributed by atoms with E-state index in [-0.39, 0.29) is 22.9 Å². The number of allylic oxidation sites excluding steroid dienone is 1. The quantitative estimate of drug-likeness (QED) is 0.780. The van der Waals surface area contributed by atoms with Gasteiger partial charge in [0.2, 0.25) is 5.60 Å². The van der Waals surface area contributed by atoms with E-state index in [0.29, 0.717) is 31.7 Å². The van der Waals surface area contributed by atoms with Gasteiger partial charge in [-0.15, -0.1) is 0 Å². The molecule has 7 nitrogen and oxygen atoms in total. The van der Waals surface area contributed by atoms with Gasteiger partial charge in [-0.2, -0.15) is 0 Å². The van der Waals surface area contributed by atoms with Gasteiger partial charge in [-0.25, -0.2) is 18.6 Å². The highest BCUT2D eigenvalue weighted by Gasteiger charge is 2.47. The fraction of sp³-hybridized carbons (Fsp3) is 0.609. The number of fused-ring (bicyclic) bond motifs is 2. The lowest BCUT2D eigenvalue weighted by Crippen LogP contribution is -2.51. The molecule has 0 radical (unpaired) electrons. The molecular weight excluding hydrogens is 418 g/mol. The number of rotatable bonds is 4. The lowest BCUT2D eigenvalue weighted by Gasteiger charge is -2.27. The van der Waals surface area contributed by atoms with Crippen LogP contribution in [0.25, 0.3) is 16.7 Å². The Labute approximate surface area is 185 Å². The fourth-order valence-corrected chi connectivity index (χ4v) is 4.76. The molecule has 1 amide bonds. The molecule has 0 aromatic carbocycles. The zero-order valence-electron chi connectivity index (χ0n) is 19.1. The van der Waals surface area contributed by atoms with E-state index in [1.54, 1.807) is 16.2 Å². The molecular formula is C23H30F2N4O3. The number of pyridine rings is 1. The third kappa shape index (κ3) is 3.76. The summed E-state index contributed by atoms with van der Waals surface area (Å²) in [6.45, 7) is 8.33. The zero-order chi connectivity index (χ0) is 23.6. The standard InChI is InChI=1S/C23H30F2N4O3/c1-22(2,3)12-29-17-7-6-16(26-18(17)27(5)21(29)31)13-8-14-10-28(11-15(14)9-13)20(30)23(4,32)19(24)25/h6-8,14-15,19,32H,9-12H2,1-5H3. The molecule has 3 unspecified atom stereocenters. The number of aliphatic hydroxyl groups is 1. The Hall–Kier alpha value is -2.55. The number of carbonyl (C=O) groups excluding carboxylic acids is 1. The second kappa shape index (κ2) is 7.50. The number of aromatic nitrogens is 3. The van der Waals surface area contributed by atoms with E-state index in [9.17, 15) is 23.5 Å². The minimum Gasteiger partial charge on any atom is -0.375 e. The number of aryl methyl sites for hydroxylation is 1. The van der Waals surface area contributed by atoms with Crippen LogP contribution in [0.1, 0.15) is 39.8 Å². The number of amides is 1. The molecule has 0 saturated carbocycles. The SMILES string of the molecule is Cn1c(=O)n(CC(C)(C)C)c2ccc(C3=CC4CN(C(=O)C(C)(O)C(F)F)CC4C3)nc21. The van der Waals surface area contributed by atoms with Crippen LogP contribution in [-0.4, -0.2) is 55.1 Å². The van der Waals surface area contributed by atoms with Crippen molar-refractivity contribution in [3.8, 4) is 0 Å². The molecule has 2 aromatic heterocycles. The summed E-state index contributed by atoms with van der Waals surface area (Å²) in [4.78, 5) is 31.2. The summed E-state index contributed by atoms with van der Waals surface area (Å²) in [6, 6.07) is 3.84. The molecule has 1 aliphatic heterocycles. The number of likely N-dealkylation sites (tertiary alicyclic amines) is 1. The van der Waals surface area contributed by atoms with E-state index < -0.39 is 17.9 Å². The van der Waals surface area contributed by atoms with E-state index in [2.05, 4.69) is 20.8 Å². The number of nitrogens with zero attached hydrogens (tertiary/aromatic N) is 4. The van der Waals surface area contributed by atoms with Crippen LogP contribution in [0.3, 0.4) is 0 Å². The Kier molecular flexibility index (Phi) is 5.31. The van der Waals surface area contributed by atoms with Gasteiger partial charge in [0.15, 0.2) is 5.65 Å². The highest BCUT2D eigenvalue weighted by Crippen LogP contribution is 2.41. The molecule has 0 spiro atoms. The van der Waals surface area contributed by atoms with Crippen molar-refractivity contribution in [2.45, 2.75) is 52.7 Å². The van der Waals surface area contributed by atoms with Gasteiger partial charge in [0.05, 0.1) is 11.2 Å². The molecule has 0 bridgehead atoms. The first-order valence-corrected chi connectivity index (χ1v) is 10.9. The number of hydrogen-bond donors (Lipinski definition) is 1. The molecule has 1 N–H and O–H groups in total. The van der Waals surface area contributed by atoms with Gasteiger partial charge in [-0.1, -0.05) is 26.8 Å². The Balaban J connectivity index is 1.58. The minimum atomic E-state index is -3.13. The average molecular weight is 449 g/mol. The van der Waals surface area contributed by atoms with E-state index >= 15 is 0 Å². The highest BCUT2D eigenvalue weighted by molar-refractivity contribution is 5.85. The predicted octanol–water partition coefficient (Wildman–Crippen LogP) is 2.66. The average Bonchev–Trinajstić information content (AvgIpc) is 3.33. The Morgan fingerprint density at radius 1 is 1.25 bits per heavy atom. The Morgan fingerprint density at radius 3 is 2.53 bits per heavy atom. The van der Waals surface area contributed by atoms with Crippen LogP contribution in [0.2, 0.25) is 0 Å². The highest BCUT2D eigenvalue weighted by atomic mass is 19.3. The molecule has 174 valence electrons. The molecule has 3 heterocycles. The van der Waals surface area contributed by atoms with Gasteiger partial charge in [0.1, 0.15) is 0 Å². The van der Waals surface area contributed by atoms with Crippen molar-refractivity contribution < 1.29 is 18.7 Å². The fourth-order valence-electron chi connectivity index (χ4n) is 4.76. The normalized spacial score (nSPS) is 23.0. The van der Waals surface area contributed by atoms with Crippen LogP contribution >= 0.6 is 0 Å². The lowest BCUT2D eigenvalue weighted by molar-refractivity contribution is -0.164. The molecule has 2 aliphatic rings. The number of alkyl halides is 2. The van der Waals surface area contributed by atoms with Gasteiger partial charge >= 0.3 is 5.69 Å². The molecule has 9 heteroatoms. The Morgan fingerprint density at radius 2 is 1.94 bits per heavy atom. The largest absolute Gasteiger partial charge is 0.375 e. The first-order chi connectivity index (χ1) is 14.8. The van der Waals surface area contributed by atoms with Crippen molar-refractivity contribution >= 4 is 22.6 Å². The summed E-state index contributed by atoms with van der Waals surface area (Å²) in [5.41, 5.74) is 0.416. The van der Waals surface area contributed by atoms with E-state index in [1.807, 2.05) is 18.2 Å². The molecule has 2 aromatic rings. The van der Waals surface area contributed by atoms with Crippen LogP contribution in [0.4, 0.5) is 8.78 Å². The van der Waals surface area contributed by atoms with E-state index in [1.165, 1.54) is 4.90 Å². The van der Waals surface area contributed by atoms with Crippen molar-refractivity contribution in [3.05, 3.63) is 34.4 Å². The second-order valence-electron chi connectivity index (χ2n) is 10.5. The maximum Gasteiger partial charge on any atom is 0.330 e. The molecule has 1 saturated heterocycles. The number of carbonyl (C=O) groups is 1. The summed E-state index contributed by atoms with van der Waals surface area (Å²) in [7, 11) is 1.72. The maximum atomic E-state index is 13.0. The van der Waals surface area contributed by atoms with Gasteiger partial charge in [-0.3, -0.25) is 13.9 Å². The molecule has 32 heavy (non-hydrogen) atoms. The van der Waals surface area contributed by atoms with Crippen LogP contribution in [-0.2, 0) is 18.4 Å². The van der Waals surface area contributed by atoms with Crippen molar-refractivity contribution in [3.63, 3.8) is 0 Å². The number of hydrogen-bond acceptors (Lipinski definition) is 4. The predicted molar refractivity (Wildman–Crippen MR) is 117 cm³/mol. The summed E-state index contributed by atoms with van der Waals surface area (Å²) in [5, 5.41) is 9.84. The van der Waals surface area contributed by atoms with Crippen molar-refractivity contribution in [2.24, 2.45) is 24.3 Å². The molecule has 1 aliphatic carbocycles.